The summed E-state index contributed by atoms with van der Waals surface area (Å²) in [6.45, 7) is 2.35. The van der Waals surface area contributed by atoms with Gasteiger partial charge in [-0.2, -0.15) is 0 Å². The van der Waals surface area contributed by atoms with E-state index in [2.05, 4.69) is 29.2 Å². The van der Waals surface area contributed by atoms with Crippen LogP contribution in [-0.2, 0) is 13.0 Å². The molecule has 166 valence electrons. The van der Waals surface area contributed by atoms with E-state index >= 15 is 0 Å². The van der Waals surface area contributed by atoms with E-state index in [0.29, 0.717) is 41.8 Å². The lowest BCUT2D eigenvalue weighted by atomic mass is 10.0. The minimum Gasteiger partial charge on any atom is -0.478 e. The molecule has 0 unspecified atom stereocenters. The maximum absolute atomic E-state index is 13.0. The number of Topliss-reactive ketones (excluding diaryl/α,β-unsaturated/α-hetero) is 1. The van der Waals surface area contributed by atoms with Crippen LogP contribution in [0.5, 0.6) is 23.0 Å². The van der Waals surface area contributed by atoms with Gasteiger partial charge in [-0.15, -0.1) is 0 Å². The van der Waals surface area contributed by atoms with Crippen molar-refractivity contribution in [1.29, 1.82) is 0 Å². The molecule has 0 fully saturated rings. The molecule has 0 amide bonds. The van der Waals surface area contributed by atoms with Crippen molar-refractivity contribution in [3.05, 3.63) is 88.7 Å². The SMILES string of the molecule is O=C1/C(=C/c2ccc3c(c2)OCO3)Oc2c1ccc1c2CN(CCCc2ccccc2)CO1. The number of benzene rings is 3. The zero-order chi connectivity index (χ0) is 22.2. The minimum atomic E-state index is -0.119. The number of allylic oxidation sites excluding steroid dienone is 1. The normalized spacial score (nSPS) is 17.5. The highest BCUT2D eigenvalue weighted by Gasteiger charge is 2.33. The first-order valence-electron chi connectivity index (χ1n) is 11.1. The fourth-order valence-corrected chi connectivity index (χ4v) is 4.45. The van der Waals surface area contributed by atoms with Crippen LogP contribution in [0.1, 0.15) is 33.5 Å². The van der Waals surface area contributed by atoms with E-state index in [1.807, 2.05) is 30.3 Å². The van der Waals surface area contributed by atoms with Crippen LogP contribution in [0.25, 0.3) is 6.08 Å². The molecule has 0 bridgehead atoms. The third-order valence-corrected chi connectivity index (χ3v) is 6.16. The van der Waals surface area contributed by atoms with Crippen LogP contribution in [0, 0.1) is 0 Å². The summed E-state index contributed by atoms with van der Waals surface area (Å²) < 4.78 is 22.9. The van der Waals surface area contributed by atoms with Crippen LogP contribution in [0.15, 0.2) is 66.4 Å². The predicted molar refractivity (Wildman–Crippen MR) is 123 cm³/mol. The van der Waals surface area contributed by atoms with Gasteiger partial charge in [0, 0.05) is 13.1 Å². The summed E-state index contributed by atoms with van der Waals surface area (Å²) in [5.41, 5.74) is 3.67. The smallest absolute Gasteiger partial charge is 0.231 e. The van der Waals surface area contributed by atoms with E-state index in [1.165, 1.54) is 5.56 Å². The number of hydrogen-bond donors (Lipinski definition) is 0. The number of nitrogens with zero attached hydrogens (tertiary/aromatic N) is 1. The quantitative estimate of drug-likeness (QED) is 0.530. The van der Waals surface area contributed by atoms with Gasteiger partial charge in [-0.3, -0.25) is 9.69 Å². The average molecular weight is 441 g/mol. The molecule has 6 nitrogen and oxygen atoms in total. The molecule has 0 N–H and O–H groups in total. The standard InChI is InChI=1S/C27H23NO5/c29-26-20-9-11-22-21(15-28(16-30-22)12-4-7-18-5-2-1-3-6-18)27(20)33-25(26)14-19-8-10-23-24(13-19)32-17-31-23/h1-3,5-6,8-11,13-14H,4,7,12,15-17H2/b25-14-. The van der Waals surface area contributed by atoms with Crippen molar-refractivity contribution in [1.82, 2.24) is 4.90 Å². The van der Waals surface area contributed by atoms with Gasteiger partial charge in [0.15, 0.2) is 17.3 Å². The molecular formula is C27H23NO5. The minimum absolute atomic E-state index is 0.119. The Morgan fingerprint density at radius 1 is 0.909 bits per heavy atom. The second-order valence-corrected chi connectivity index (χ2v) is 8.39. The van der Waals surface area contributed by atoms with Crippen molar-refractivity contribution in [3.8, 4) is 23.0 Å². The van der Waals surface area contributed by atoms with Crippen LogP contribution in [0.4, 0.5) is 0 Å². The van der Waals surface area contributed by atoms with Crippen LogP contribution in [-0.4, -0.2) is 30.8 Å². The number of carbonyl (C=O) groups excluding carboxylic acids is 1. The molecule has 3 aliphatic heterocycles. The Hall–Kier alpha value is -3.77. The van der Waals surface area contributed by atoms with Gasteiger partial charge in [0.05, 0.1) is 11.1 Å². The Morgan fingerprint density at radius 2 is 1.76 bits per heavy atom. The third kappa shape index (κ3) is 3.83. The Morgan fingerprint density at radius 3 is 2.67 bits per heavy atom. The first-order valence-corrected chi connectivity index (χ1v) is 11.1. The largest absolute Gasteiger partial charge is 0.478 e. The Balaban J connectivity index is 1.19. The van der Waals surface area contributed by atoms with Gasteiger partial charge in [-0.25, -0.2) is 0 Å². The Kier molecular flexibility index (Phi) is 5.00. The molecule has 0 aliphatic carbocycles. The molecule has 3 aliphatic rings. The maximum Gasteiger partial charge on any atom is 0.231 e. The number of ketones is 1. The van der Waals surface area contributed by atoms with Crippen molar-refractivity contribution in [2.45, 2.75) is 19.4 Å². The molecule has 3 aromatic rings. The predicted octanol–water partition coefficient (Wildman–Crippen LogP) is 4.82. The van der Waals surface area contributed by atoms with Gasteiger partial charge in [0.25, 0.3) is 0 Å². The zero-order valence-electron chi connectivity index (χ0n) is 18.1. The van der Waals surface area contributed by atoms with E-state index in [-0.39, 0.29) is 12.6 Å². The summed E-state index contributed by atoms with van der Waals surface area (Å²) in [5.74, 6) is 2.95. The molecule has 3 heterocycles. The molecule has 0 saturated carbocycles. The molecule has 33 heavy (non-hydrogen) atoms. The highest BCUT2D eigenvalue weighted by Crippen LogP contribution is 2.42. The number of rotatable bonds is 5. The topological polar surface area (TPSA) is 57.2 Å². The van der Waals surface area contributed by atoms with Crippen molar-refractivity contribution in [2.75, 3.05) is 20.1 Å². The van der Waals surface area contributed by atoms with Crippen molar-refractivity contribution in [2.24, 2.45) is 0 Å². The van der Waals surface area contributed by atoms with E-state index in [4.69, 9.17) is 18.9 Å². The third-order valence-electron chi connectivity index (χ3n) is 6.16. The number of hydrogen-bond acceptors (Lipinski definition) is 6. The van der Waals surface area contributed by atoms with Crippen LogP contribution in [0.2, 0.25) is 0 Å². The van der Waals surface area contributed by atoms with E-state index in [0.717, 1.165) is 36.3 Å². The first-order chi connectivity index (χ1) is 16.2. The molecule has 6 heteroatoms. The lowest BCUT2D eigenvalue weighted by Crippen LogP contribution is -2.33. The first kappa shape index (κ1) is 19.9. The summed E-state index contributed by atoms with van der Waals surface area (Å²) in [5, 5.41) is 0. The summed E-state index contributed by atoms with van der Waals surface area (Å²) in [7, 11) is 0. The van der Waals surface area contributed by atoms with Gasteiger partial charge in [-0.1, -0.05) is 36.4 Å². The highest BCUT2D eigenvalue weighted by molar-refractivity contribution is 6.15. The molecule has 0 aromatic heterocycles. The molecule has 0 atom stereocenters. The van der Waals surface area contributed by atoms with Gasteiger partial charge < -0.3 is 18.9 Å². The van der Waals surface area contributed by atoms with Gasteiger partial charge >= 0.3 is 0 Å². The molecular weight excluding hydrogens is 418 g/mol. The lowest BCUT2D eigenvalue weighted by Gasteiger charge is -2.29. The number of aryl methyl sites for hydroxylation is 1. The van der Waals surface area contributed by atoms with Gasteiger partial charge in [-0.05, 0) is 54.3 Å². The lowest BCUT2D eigenvalue weighted by molar-refractivity contribution is 0.0928. The number of fused-ring (bicyclic) bond motifs is 4. The zero-order valence-corrected chi connectivity index (χ0v) is 18.1. The Labute approximate surface area is 191 Å². The Bertz CT molecular complexity index is 1250. The second kappa shape index (κ2) is 8.30. The van der Waals surface area contributed by atoms with Crippen LogP contribution < -0.4 is 18.9 Å². The second-order valence-electron chi connectivity index (χ2n) is 8.39. The van der Waals surface area contributed by atoms with E-state index in [9.17, 15) is 4.79 Å². The summed E-state index contributed by atoms with van der Waals surface area (Å²) in [4.78, 5) is 15.3. The summed E-state index contributed by atoms with van der Waals surface area (Å²) in [6.07, 6.45) is 3.80. The average Bonchev–Trinajstić information content (AvgIpc) is 3.44. The van der Waals surface area contributed by atoms with Crippen LogP contribution >= 0.6 is 0 Å². The summed E-state index contributed by atoms with van der Waals surface area (Å²) >= 11 is 0. The van der Waals surface area contributed by atoms with Gasteiger partial charge in [0.2, 0.25) is 12.6 Å². The monoisotopic (exact) mass is 441 g/mol. The fourth-order valence-electron chi connectivity index (χ4n) is 4.45. The van der Waals surface area contributed by atoms with E-state index in [1.54, 1.807) is 12.1 Å². The number of carbonyl (C=O) groups is 1. The molecule has 0 radical (unpaired) electrons. The summed E-state index contributed by atoms with van der Waals surface area (Å²) in [6, 6.07) is 19.7. The van der Waals surface area contributed by atoms with Crippen LogP contribution in [0.3, 0.4) is 0 Å². The molecule has 3 aromatic carbocycles. The van der Waals surface area contributed by atoms with Crippen molar-refractivity contribution < 1.29 is 23.7 Å². The highest BCUT2D eigenvalue weighted by atomic mass is 16.7. The molecule has 6 rings (SSSR count). The maximum atomic E-state index is 13.0. The number of ether oxygens (including phenoxy) is 4. The van der Waals surface area contributed by atoms with Gasteiger partial charge in [0.1, 0.15) is 18.2 Å². The van der Waals surface area contributed by atoms with Crippen molar-refractivity contribution in [3.63, 3.8) is 0 Å². The molecule has 0 saturated heterocycles. The fraction of sp³-hybridized carbons (Fsp3) is 0.222. The van der Waals surface area contributed by atoms with Crippen molar-refractivity contribution >= 4 is 11.9 Å². The van der Waals surface area contributed by atoms with E-state index < -0.39 is 0 Å². The molecule has 0 spiro atoms.